The molecule has 0 aliphatic heterocycles. The average molecular weight is 666 g/mol. The van der Waals surface area contributed by atoms with E-state index in [0.717, 1.165) is 77.0 Å². The van der Waals surface area contributed by atoms with Crippen LogP contribution in [-0.4, -0.2) is 24.5 Å². The number of hydrogen-bond acceptors (Lipinski definition) is 5. The van der Waals surface area contributed by atoms with E-state index in [1.807, 2.05) is 30.3 Å². The fourth-order valence-electron chi connectivity index (χ4n) is 7.77. The summed E-state index contributed by atoms with van der Waals surface area (Å²) in [7, 11) is 0. The topological polar surface area (TPSA) is 69.6 Å². The highest BCUT2D eigenvalue weighted by molar-refractivity contribution is 6.12. The lowest BCUT2D eigenvalue weighted by molar-refractivity contribution is 0.668. The van der Waals surface area contributed by atoms with E-state index in [1.165, 1.54) is 10.8 Å². The standard InChI is InChI=1S/C46H27N5O/c1-2-12-29-27-30(25-24-28(29)11-1)44-48-45(50-46(49-44)36-18-9-22-40-42(36)43-41(52-40)23-10-26-47-43)35-17-7-16-32-31(35)15-8-21-39(32)51-37-19-5-3-13-33(37)34-14-4-6-20-38(34)51/h1-27H. The van der Waals surface area contributed by atoms with Crippen LogP contribution in [0.2, 0.25) is 0 Å². The Kier molecular flexibility index (Phi) is 6.15. The molecule has 11 rings (SSSR count). The lowest BCUT2D eigenvalue weighted by Crippen LogP contribution is -2.01. The van der Waals surface area contributed by atoms with Crippen LogP contribution in [0.25, 0.3) is 105 Å². The number of nitrogens with zero attached hydrogens (tertiary/aromatic N) is 5. The number of furan rings is 1. The SMILES string of the molecule is c1ccc2cc(-c3nc(-c4cccc5c(-n6c7ccccc7c7ccccc76)cccc45)nc(-c4cccc5oc6cccnc6c45)n3)ccc2c1. The first-order valence-electron chi connectivity index (χ1n) is 17.3. The van der Waals surface area contributed by atoms with Gasteiger partial charge in [0.2, 0.25) is 0 Å². The maximum atomic E-state index is 6.22. The summed E-state index contributed by atoms with van der Waals surface area (Å²) in [6, 6.07) is 54.6. The lowest BCUT2D eigenvalue weighted by Gasteiger charge is -2.14. The van der Waals surface area contributed by atoms with Crippen LogP contribution in [0.3, 0.4) is 0 Å². The normalized spacial score (nSPS) is 11.8. The van der Waals surface area contributed by atoms with E-state index in [0.29, 0.717) is 17.5 Å². The number of hydrogen-bond donors (Lipinski definition) is 0. The second kappa shape index (κ2) is 11.2. The second-order valence-corrected chi connectivity index (χ2v) is 13.0. The third kappa shape index (κ3) is 4.31. The predicted octanol–water partition coefficient (Wildman–Crippen LogP) is 11.6. The van der Waals surface area contributed by atoms with Gasteiger partial charge in [-0.3, -0.25) is 4.98 Å². The van der Waals surface area contributed by atoms with Crippen molar-refractivity contribution in [3.05, 3.63) is 164 Å². The molecule has 0 saturated heterocycles. The minimum absolute atomic E-state index is 0.558. The maximum Gasteiger partial charge on any atom is 0.164 e. The van der Waals surface area contributed by atoms with Gasteiger partial charge in [-0.25, -0.2) is 15.0 Å². The number of fused-ring (bicyclic) bond motifs is 8. The molecular weight excluding hydrogens is 639 g/mol. The van der Waals surface area contributed by atoms with Crippen molar-refractivity contribution in [1.82, 2.24) is 24.5 Å². The van der Waals surface area contributed by atoms with Crippen LogP contribution in [0.4, 0.5) is 0 Å². The molecule has 6 heteroatoms. The van der Waals surface area contributed by atoms with Crippen LogP contribution >= 0.6 is 0 Å². The maximum absolute atomic E-state index is 6.22. The third-order valence-electron chi connectivity index (χ3n) is 10.1. The Morgan fingerprint density at radius 3 is 1.92 bits per heavy atom. The van der Waals surface area contributed by atoms with Crippen LogP contribution in [0.15, 0.2) is 168 Å². The summed E-state index contributed by atoms with van der Waals surface area (Å²) in [6.45, 7) is 0. The van der Waals surface area contributed by atoms with Crippen LogP contribution in [0, 0.1) is 0 Å². The molecule has 52 heavy (non-hydrogen) atoms. The van der Waals surface area contributed by atoms with Crippen molar-refractivity contribution in [3.8, 4) is 39.9 Å². The molecule has 0 aliphatic carbocycles. The fraction of sp³-hybridized carbons (Fsp3) is 0. The van der Waals surface area contributed by atoms with Crippen LogP contribution < -0.4 is 0 Å². The first kappa shape index (κ1) is 28.6. The van der Waals surface area contributed by atoms with Crippen LogP contribution in [-0.2, 0) is 0 Å². The number of aromatic nitrogens is 5. The lowest BCUT2D eigenvalue weighted by atomic mass is 10.0. The molecule has 11 aromatic rings. The van der Waals surface area contributed by atoms with Gasteiger partial charge in [-0.2, -0.15) is 0 Å². The smallest absolute Gasteiger partial charge is 0.164 e. The Labute approximate surface area is 297 Å². The highest BCUT2D eigenvalue weighted by atomic mass is 16.3. The van der Waals surface area contributed by atoms with Crippen molar-refractivity contribution in [2.75, 3.05) is 0 Å². The molecule has 0 amide bonds. The molecular formula is C46H27N5O. The minimum Gasteiger partial charge on any atom is -0.454 e. The Hall–Kier alpha value is -7.18. The van der Waals surface area contributed by atoms with Gasteiger partial charge in [0.1, 0.15) is 11.1 Å². The van der Waals surface area contributed by atoms with E-state index < -0.39 is 0 Å². The van der Waals surface area contributed by atoms with Crippen molar-refractivity contribution >= 4 is 65.4 Å². The zero-order valence-electron chi connectivity index (χ0n) is 27.7. The molecule has 0 atom stereocenters. The summed E-state index contributed by atoms with van der Waals surface area (Å²) in [5.41, 5.74) is 8.34. The summed E-state index contributed by atoms with van der Waals surface area (Å²) in [6.07, 6.45) is 1.79. The molecule has 0 saturated carbocycles. The molecule has 0 unspecified atom stereocenters. The molecule has 0 spiro atoms. The van der Waals surface area contributed by atoms with Crippen molar-refractivity contribution in [2.24, 2.45) is 0 Å². The van der Waals surface area contributed by atoms with Gasteiger partial charge in [-0.05, 0) is 58.6 Å². The monoisotopic (exact) mass is 665 g/mol. The summed E-state index contributed by atoms with van der Waals surface area (Å²) in [5.74, 6) is 1.75. The number of para-hydroxylation sites is 2. The molecule has 4 heterocycles. The highest BCUT2D eigenvalue weighted by Crippen LogP contribution is 2.39. The van der Waals surface area contributed by atoms with Gasteiger partial charge in [-0.15, -0.1) is 0 Å². The molecule has 7 aromatic carbocycles. The molecule has 0 N–H and O–H groups in total. The second-order valence-electron chi connectivity index (χ2n) is 13.0. The van der Waals surface area contributed by atoms with Gasteiger partial charge in [0.25, 0.3) is 0 Å². The largest absolute Gasteiger partial charge is 0.454 e. The van der Waals surface area contributed by atoms with E-state index in [4.69, 9.17) is 24.4 Å². The Balaban J connectivity index is 1.18. The Morgan fingerprint density at radius 2 is 1.08 bits per heavy atom. The van der Waals surface area contributed by atoms with Crippen molar-refractivity contribution < 1.29 is 4.42 Å². The van der Waals surface area contributed by atoms with E-state index in [-0.39, 0.29) is 0 Å². The zero-order chi connectivity index (χ0) is 34.2. The number of benzene rings is 7. The summed E-state index contributed by atoms with van der Waals surface area (Å²) >= 11 is 0. The average Bonchev–Trinajstić information content (AvgIpc) is 3.76. The third-order valence-corrected chi connectivity index (χ3v) is 10.1. The van der Waals surface area contributed by atoms with Gasteiger partial charge in [0, 0.05) is 39.0 Å². The molecule has 0 fully saturated rings. The van der Waals surface area contributed by atoms with Gasteiger partial charge in [0.05, 0.1) is 22.1 Å². The molecule has 242 valence electrons. The quantitative estimate of drug-likeness (QED) is 0.187. The minimum atomic E-state index is 0.558. The Bertz CT molecular complexity index is 3160. The Morgan fingerprint density at radius 1 is 0.442 bits per heavy atom. The summed E-state index contributed by atoms with van der Waals surface area (Å²) in [4.78, 5) is 20.3. The molecule has 0 radical (unpaired) electrons. The van der Waals surface area contributed by atoms with E-state index in [2.05, 4.69) is 132 Å². The summed E-state index contributed by atoms with van der Waals surface area (Å²) < 4.78 is 8.59. The first-order valence-corrected chi connectivity index (χ1v) is 17.3. The molecule has 0 bridgehead atoms. The predicted molar refractivity (Wildman–Crippen MR) is 211 cm³/mol. The van der Waals surface area contributed by atoms with Crippen LogP contribution in [0.5, 0.6) is 0 Å². The molecule has 6 nitrogen and oxygen atoms in total. The van der Waals surface area contributed by atoms with Crippen molar-refractivity contribution in [2.45, 2.75) is 0 Å². The molecule has 4 aromatic heterocycles. The summed E-state index contributed by atoms with van der Waals surface area (Å²) in [5, 5.41) is 7.77. The fourth-order valence-corrected chi connectivity index (χ4v) is 7.77. The highest BCUT2D eigenvalue weighted by Gasteiger charge is 2.20. The zero-order valence-corrected chi connectivity index (χ0v) is 27.7. The van der Waals surface area contributed by atoms with Crippen molar-refractivity contribution in [1.29, 1.82) is 0 Å². The first-order chi connectivity index (χ1) is 25.8. The van der Waals surface area contributed by atoms with Crippen LogP contribution in [0.1, 0.15) is 0 Å². The molecule has 0 aliphatic rings. The van der Waals surface area contributed by atoms with E-state index in [9.17, 15) is 0 Å². The van der Waals surface area contributed by atoms with Gasteiger partial charge < -0.3 is 8.98 Å². The van der Waals surface area contributed by atoms with Gasteiger partial charge >= 0.3 is 0 Å². The van der Waals surface area contributed by atoms with Gasteiger partial charge in [-0.1, -0.05) is 115 Å². The van der Waals surface area contributed by atoms with E-state index in [1.54, 1.807) is 6.20 Å². The van der Waals surface area contributed by atoms with Crippen molar-refractivity contribution in [3.63, 3.8) is 0 Å². The number of rotatable bonds is 4. The van der Waals surface area contributed by atoms with E-state index >= 15 is 0 Å². The number of pyridine rings is 1. The van der Waals surface area contributed by atoms with Gasteiger partial charge in [0.15, 0.2) is 23.1 Å².